The van der Waals surface area contributed by atoms with Crippen molar-refractivity contribution in [2.45, 2.75) is 0 Å². The average Bonchev–Trinajstić information content (AvgIpc) is 3.29. The number of halogens is 1. The number of ether oxygens (including phenoxy) is 1. The maximum atomic E-state index is 13.1. The zero-order chi connectivity index (χ0) is 19.5. The van der Waals surface area contributed by atoms with Gasteiger partial charge in [-0.05, 0) is 41.5 Å². The van der Waals surface area contributed by atoms with Crippen molar-refractivity contribution < 1.29 is 26.5 Å². The first-order chi connectivity index (χ1) is 14.2. The highest BCUT2D eigenvalue weighted by Gasteiger charge is 2.37. The van der Waals surface area contributed by atoms with Gasteiger partial charge in [-0.1, -0.05) is 30.3 Å². The van der Waals surface area contributed by atoms with E-state index in [0.29, 0.717) is 5.69 Å². The van der Waals surface area contributed by atoms with Crippen LogP contribution in [0.5, 0.6) is 5.75 Å². The zero-order valence-electron chi connectivity index (χ0n) is 16.1. The van der Waals surface area contributed by atoms with Crippen LogP contribution in [0.25, 0.3) is 38.6 Å². The van der Waals surface area contributed by atoms with Crippen LogP contribution in [0, 0.1) is 0 Å². The van der Waals surface area contributed by atoms with Crippen LogP contribution in [-0.4, -0.2) is 17.9 Å². The number of hydrogen-bond donors (Lipinski definition) is 1. The maximum absolute atomic E-state index is 13.1. The van der Waals surface area contributed by atoms with E-state index in [1.54, 1.807) is 7.11 Å². The lowest BCUT2D eigenvalue weighted by molar-refractivity contribution is -0.592. The van der Waals surface area contributed by atoms with Gasteiger partial charge in [0.25, 0.3) is 11.5 Å². The summed E-state index contributed by atoms with van der Waals surface area (Å²) in [6.45, 7) is 0. The molecule has 0 saturated carbocycles. The average molecular weight is 413 g/mol. The minimum Gasteiger partial charge on any atom is -1.00 e. The normalized spacial score (nSPS) is 12.0. The van der Waals surface area contributed by atoms with Crippen molar-refractivity contribution in [2.75, 3.05) is 7.11 Å². The number of carbonyl (C=O) groups excluding carboxylic acids is 1. The van der Waals surface area contributed by atoms with Gasteiger partial charge in [0.2, 0.25) is 5.69 Å². The van der Waals surface area contributed by atoms with Crippen LogP contribution >= 0.6 is 0 Å². The SMILES string of the molecule is COc1ccc(-c2ccc3[nH]c4c5[n+](ccc4c3c2)-c2ccccc2C5=O)cc1.[Cl-]. The Kier molecular flexibility index (Phi) is 4.12. The zero-order valence-corrected chi connectivity index (χ0v) is 16.9. The van der Waals surface area contributed by atoms with Crippen LogP contribution in [0.3, 0.4) is 0 Å². The van der Waals surface area contributed by atoms with Crippen molar-refractivity contribution in [1.29, 1.82) is 0 Å². The number of benzene rings is 3. The van der Waals surface area contributed by atoms with Gasteiger partial charge >= 0.3 is 0 Å². The summed E-state index contributed by atoms with van der Waals surface area (Å²) in [5.41, 5.74) is 6.55. The van der Waals surface area contributed by atoms with E-state index in [-0.39, 0.29) is 18.2 Å². The van der Waals surface area contributed by atoms with Gasteiger partial charge in [0.15, 0.2) is 6.20 Å². The van der Waals surface area contributed by atoms with Crippen molar-refractivity contribution in [2.24, 2.45) is 0 Å². The number of ketones is 1. The van der Waals surface area contributed by atoms with Gasteiger partial charge in [-0.25, -0.2) is 0 Å². The molecule has 1 N–H and O–H groups in total. The number of rotatable bonds is 2. The molecule has 0 bridgehead atoms. The van der Waals surface area contributed by atoms with Crippen molar-refractivity contribution in [3.8, 4) is 22.6 Å². The molecule has 0 aliphatic carbocycles. The molecule has 3 heterocycles. The third-order valence-electron chi connectivity index (χ3n) is 5.75. The van der Waals surface area contributed by atoms with Crippen molar-refractivity contribution in [1.82, 2.24) is 4.98 Å². The molecule has 4 nitrogen and oxygen atoms in total. The summed E-state index contributed by atoms with van der Waals surface area (Å²) in [5, 5.41) is 2.17. The van der Waals surface area contributed by atoms with Gasteiger partial charge in [0.1, 0.15) is 16.8 Å². The lowest BCUT2D eigenvalue weighted by atomic mass is 10.0. The molecule has 3 aromatic carbocycles. The number of hydrogen-bond acceptors (Lipinski definition) is 2. The second kappa shape index (κ2) is 6.71. The molecule has 0 amide bonds. The predicted molar refractivity (Wildman–Crippen MR) is 113 cm³/mol. The summed E-state index contributed by atoms with van der Waals surface area (Å²) in [4.78, 5) is 16.6. The predicted octanol–water partition coefficient (Wildman–Crippen LogP) is 1.82. The minimum absolute atomic E-state index is 0. The summed E-state index contributed by atoms with van der Waals surface area (Å²) >= 11 is 0. The number of carbonyl (C=O) groups is 1. The number of nitrogens with zero attached hydrogens (tertiary/aromatic N) is 1. The lowest BCUT2D eigenvalue weighted by Crippen LogP contribution is -3.00. The van der Waals surface area contributed by atoms with Gasteiger partial charge in [-0.3, -0.25) is 4.79 Å². The van der Waals surface area contributed by atoms with E-state index < -0.39 is 0 Å². The van der Waals surface area contributed by atoms with Crippen molar-refractivity contribution >= 4 is 27.6 Å². The fraction of sp³-hybridized carbons (Fsp3) is 0.0400. The third-order valence-corrected chi connectivity index (χ3v) is 5.75. The Morgan fingerprint density at radius 3 is 2.43 bits per heavy atom. The Morgan fingerprint density at radius 2 is 1.63 bits per heavy atom. The highest BCUT2D eigenvalue weighted by molar-refractivity contribution is 6.20. The molecule has 2 aromatic heterocycles. The molecular formula is C25H17ClN2O2. The summed E-state index contributed by atoms with van der Waals surface area (Å²) in [7, 11) is 1.67. The van der Waals surface area contributed by atoms with E-state index in [0.717, 1.165) is 49.9 Å². The van der Waals surface area contributed by atoms with Gasteiger partial charge in [-0.2, -0.15) is 4.57 Å². The van der Waals surface area contributed by atoms with Crippen LogP contribution in [0.4, 0.5) is 0 Å². The molecule has 146 valence electrons. The second-order valence-electron chi connectivity index (χ2n) is 7.28. The van der Waals surface area contributed by atoms with E-state index in [2.05, 4.69) is 41.4 Å². The first-order valence-corrected chi connectivity index (χ1v) is 9.53. The molecule has 1 aliphatic heterocycles. The monoisotopic (exact) mass is 412 g/mol. The molecule has 30 heavy (non-hydrogen) atoms. The number of fused-ring (bicyclic) bond motifs is 7. The fourth-order valence-corrected chi connectivity index (χ4v) is 4.31. The molecule has 5 aromatic rings. The Bertz CT molecular complexity index is 1450. The fourth-order valence-electron chi connectivity index (χ4n) is 4.31. The molecule has 5 heteroatoms. The van der Waals surface area contributed by atoms with Crippen LogP contribution in [0.1, 0.15) is 16.1 Å². The van der Waals surface area contributed by atoms with E-state index in [1.165, 1.54) is 0 Å². The Balaban J connectivity index is 0.00000193. The third kappa shape index (κ3) is 2.47. The van der Waals surface area contributed by atoms with Gasteiger partial charge in [-0.15, -0.1) is 0 Å². The number of aromatic amines is 1. The molecule has 0 fully saturated rings. The summed E-state index contributed by atoms with van der Waals surface area (Å²) in [6.07, 6.45) is 1.99. The molecule has 0 radical (unpaired) electrons. The number of nitrogens with one attached hydrogen (secondary N) is 1. The summed E-state index contributed by atoms with van der Waals surface area (Å²) in [5.74, 6) is 0.903. The standard InChI is InChI=1S/C25H16N2O2.ClH/c1-29-17-9-6-15(7-10-17)16-8-11-21-20(14-16)18-12-13-27-22-5-3-2-4-19(22)25(28)24(27)23(18)26-21;/h2-14H,1H3;1H. The summed E-state index contributed by atoms with van der Waals surface area (Å²) in [6, 6.07) is 24.2. The smallest absolute Gasteiger partial charge is 0.284 e. The Labute approximate surface area is 179 Å². The van der Waals surface area contributed by atoms with Crippen LogP contribution in [0.2, 0.25) is 0 Å². The number of methoxy groups -OCH3 is 1. The molecule has 0 spiro atoms. The minimum atomic E-state index is 0. The van der Waals surface area contributed by atoms with Crippen molar-refractivity contribution in [3.63, 3.8) is 0 Å². The van der Waals surface area contributed by atoms with E-state index >= 15 is 0 Å². The quantitative estimate of drug-likeness (QED) is 0.441. The molecule has 6 rings (SSSR count). The maximum Gasteiger partial charge on any atom is 0.284 e. The summed E-state index contributed by atoms with van der Waals surface area (Å²) < 4.78 is 7.25. The van der Waals surface area contributed by atoms with Crippen molar-refractivity contribution in [3.05, 3.63) is 90.3 Å². The first kappa shape index (κ1) is 18.4. The number of aromatic nitrogens is 2. The molecule has 0 unspecified atom stereocenters. The van der Waals surface area contributed by atoms with Crippen LogP contribution in [0.15, 0.2) is 79.0 Å². The Morgan fingerprint density at radius 1 is 0.867 bits per heavy atom. The highest BCUT2D eigenvalue weighted by Crippen LogP contribution is 2.33. The van der Waals surface area contributed by atoms with E-state index in [4.69, 9.17) is 4.74 Å². The first-order valence-electron chi connectivity index (χ1n) is 9.53. The number of para-hydroxylation sites is 1. The van der Waals surface area contributed by atoms with Crippen LogP contribution in [-0.2, 0) is 0 Å². The molecule has 1 aliphatic rings. The van der Waals surface area contributed by atoms with Gasteiger partial charge in [0.05, 0.1) is 7.11 Å². The highest BCUT2D eigenvalue weighted by atomic mass is 35.5. The molecular weight excluding hydrogens is 396 g/mol. The molecule has 0 saturated heterocycles. The van der Waals surface area contributed by atoms with E-state index in [1.807, 2.05) is 47.2 Å². The lowest BCUT2D eigenvalue weighted by Gasteiger charge is -2.04. The van der Waals surface area contributed by atoms with Gasteiger partial charge in [0, 0.05) is 28.4 Å². The number of H-pyrrole nitrogens is 1. The number of pyridine rings is 1. The topological polar surface area (TPSA) is 46.0 Å². The largest absolute Gasteiger partial charge is 1.00 e. The molecule has 0 atom stereocenters. The van der Waals surface area contributed by atoms with E-state index in [9.17, 15) is 4.79 Å². The van der Waals surface area contributed by atoms with Gasteiger partial charge < -0.3 is 22.1 Å². The van der Waals surface area contributed by atoms with Crippen LogP contribution < -0.4 is 21.7 Å². The second-order valence-corrected chi connectivity index (χ2v) is 7.28. The Hall–Kier alpha value is -3.63.